The van der Waals surface area contributed by atoms with E-state index in [1.165, 1.54) is 0 Å². The molecule has 0 unspecified atom stereocenters. The zero-order valence-electron chi connectivity index (χ0n) is 9.24. The number of halogens is 1. The highest BCUT2D eigenvalue weighted by Crippen LogP contribution is 2.39. The summed E-state index contributed by atoms with van der Waals surface area (Å²) in [7, 11) is 0. The second-order valence-electron chi connectivity index (χ2n) is 3.81. The maximum absolute atomic E-state index is 10.5. The van der Waals surface area contributed by atoms with Crippen molar-refractivity contribution in [3.8, 4) is 11.5 Å². The first-order valence-corrected chi connectivity index (χ1v) is 6.26. The van der Waals surface area contributed by atoms with Crippen molar-refractivity contribution in [1.82, 2.24) is 0 Å². The minimum atomic E-state index is -0.765. The van der Waals surface area contributed by atoms with Crippen LogP contribution in [0.4, 0.5) is 0 Å². The molecule has 1 aliphatic rings. The molecule has 5 heteroatoms. The minimum Gasteiger partial charge on any atom is -0.486 e. The molecule has 1 heterocycles. The number of aliphatic carboxylic acids is 1. The van der Waals surface area contributed by atoms with Gasteiger partial charge in [0.15, 0.2) is 11.5 Å². The molecule has 2 rings (SSSR count). The molecule has 0 amide bonds. The predicted octanol–water partition coefficient (Wildman–Crippen LogP) is 2.63. The fraction of sp³-hybridized carbons (Fsp3) is 0.417. The number of hydrogen-bond donors (Lipinski definition) is 1. The zero-order chi connectivity index (χ0) is 12.3. The van der Waals surface area contributed by atoms with Gasteiger partial charge in [-0.25, -0.2) is 0 Å². The van der Waals surface area contributed by atoms with Crippen LogP contribution in [0.25, 0.3) is 0 Å². The molecule has 1 N–H and O–H groups in total. The Kier molecular flexibility index (Phi) is 3.89. The molecule has 1 aliphatic heterocycles. The number of rotatable bonds is 4. The summed E-state index contributed by atoms with van der Waals surface area (Å²) < 4.78 is 11.9. The fourth-order valence-corrected chi connectivity index (χ4v) is 2.39. The van der Waals surface area contributed by atoms with Crippen LogP contribution in [0.5, 0.6) is 11.5 Å². The lowest BCUT2D eigenvalue weighted by molar-refractivity contribution is -0.137. The third-order valence-electron chi connectivity index (χ3n) is 2.57. The number of aryl methyl sites for hydroxylation is 1. The molecule has 0 bridgehead atoms. The zero-order valence-corrected chi connectivity index (χ0v) is 10.8. The van der Waals surface area contributed by atoms with Gasteiger partial charge in [-0.1, -0.05) is 6.07 Å². The van der Waals surface area contributed by atoms with E-state index in [-0.39, 0.29) is 6.42 Å². The van der Waals surface area contributed by atoms with E-state index in [0.29, 0.717) is 26.1 Å². The lowest BCUT2D eigenvalue weighted by Gasteiger charge is -2.20. The van der Waals surface area contributed by atoms with Crippen molar-refractivity contribution in [2.24, 2.45) is 0 Å². The van der Waals surface area contributed by atoms with Crippen LogP contribution in [0, 0.1) is 0 Å². The topological polar surface area (TPSA) is 55.8 Å². The summed E-state index contributed by atoms with van der Waals surface area (Å²) in [6.45, 7) is 1.11. The Hall–Kier alpha value is -1.23. The van der Waals surface area contributed by atoms with Gasteiger partial charge in [0, 0.05) is 6.42 Å². The highest BCUT2D eigenvalue weighted by molar-refractivity contribution is 9.10. The molecule has 0 saturated carbocycles. The normalized spacial score (nSPS) is 13.5. The summed E-state index contributed by atoms with van der Waals surface area (Å²) in [5.41, 5.74) is 1.05. The number of ether oxygens (including phenoxy) is 2. The number of carbonyl (C=O) groups is 1. The molecule has 0 aromatic heterocycles. The van der Waals surface area contributed by atoms with E-state index in [4.69, 9.17) is 14.6 Å². The van der Waals surface area contributed by atoms with Crippen molar-refractivity contribution in [3.05, 3.63) is 22.2 Å². The summed E-state index contributed by atoms with van der Waals surface area (Å²) in [6.07, 6.45) is 1.51. The standard InChI is InChI=1S/C12H13BrO4/c13-11-8(2-1-3-10(14)15)4-5-9-12(11)17-7-6-16-9/h4-5H,1-3,6-7H2,(H,14,15). The smallest absolute Gasteiger partial charge is 0.303 e. The molecule has 0 fully saturated rings. The molecule has 1 aromatic rings. The molecule has 92 valence electrons. The van der Waals surface area contributed by atoms with Crippen LogP contribution in [0.1, 0.15) is 18.4 Å². The average Bonchev–Trinajstić information content (AvgIpc) is 2.32. The molecule has 17 heavy (non-hydrogen) atoms. The maximum Gasteiger partial charge on any atom is 0.303 e. The summed E-state index contributed by atoms with van der Waals surface area (Å²) in [5, 5.41) is 8.60. The van der Waals surface area contributed by atoms with Gasteiger partial charge in [-0.3, -0.25) is 4.79 Å². The monoisotopic (exact) mass is 300 g/mol. The van der Waals surface area contributed by atoms with Gasteiger partial charge in [0.25, 0.3) is 0 Å². The first-order valence-electron chi connectivity index (χ1n) is 5.47. The molecule has 0 aliphatic carbocycles. The van der Waals surface area contributed by atoms with Gasteiger partial charge >= 0.3 is 5.97 Å². The van der Waals surface area contributed by atoms with E-state index in [9.17, 15) is 4.79 Å². The van der Waals surface area contributed by atoms with Crippen LogP contribution < -0.4 is 9.47 Å². The first kappa shape index (κ1) is 12.2. The summed E-state index contributed by atoms with van der Waals surface area (Å²) in [5.74, 6) is 0.702. The van der Waals surface area contributed by atoms with Crippen molar-refractivity contribution in [1.29, 1.82) is 0 Å². The highest BCUT2D eigenvalue weighted by Gasteiger charge is 2.17. The molecule has 4 nitrogen and oxygen atoms in total. The first-order chi connectivity index (χ1) is 8.18. The molecule has 0 spiro atoms. The Morgan fingerprint density at radius 1 is 1.35 bits per heavy atom. The minimum absolute atomic E-state index is 0.181. The fourth-order valence-electron chi connectivity index (χ4n) is 1.75. The van der Waals surface area contributed by atoms with E-state index in [1.54, 1.807) is 0 Å². The van der Waals surface area contributed by atoms with Crippen molar-refractivity contribution in [2.45, 2.75) is 19.3 Å². The molecule has 0 radical (unpaired) electrons. The van der Waals surface area contributed by atoms with Gasteiger partial charge in [0.05, 0.1) is 4.47 Å². The summed E-state index contributed by atoms with van der Waals surface area (Å²) in [4.78, 5) is 10.5. The van der Waals surface area contributed by atoms with Crippen molar-refractivity contribution < 1.29 is 19.4 Å². The van der Waals surface area contributed by atoms with Gasteiger partial charge in [-0.2, -0.15) is 0 Å². The Balaban J connectivity index is 2.10. The third-order valence-corrected chi connectivity index (χ3v) is 3.43. The second kappa shape index (κ2) is 5.40. The number of benzene rings is 1. The third kappa shape index (κ3) is 2.91. The Bertz CT molecular complexity index is 431. The van der Waals surface area contributed by atoms with Gasteiger partial charge in [-0.05, 0) is 40.4 Å². The van der Waals surface area contributed by atoms with Crippen molar-refractivity contribution in [3.63, 3.8) is 0 Å². The average molecular weight is 301 g/mol. The molecule has 0 saturated heterocycles. The molecular weight excluding hydrogens is 288 g/mol. The van der Waals surface area contributed by atoms with Crippen LogP contribution in [-0.2, 0) is 11.2 Å². The van der Waals surface area contributed by atoms with E-state index in [1.807, 2.05) is 12.1 Å². The maximum atomic E-state index is 10.5. The van der Waals surface area contributed by atoms with Crippen LogP contribution in [0.15, 0.2) is 16.6 Å². The van der Waals surface area contributed by atoms with Gasteiger partial charge in [0.2, 0.25) is 0 Å². The van der Waals surface area contributed by atoms with Crippen LogP contribution in [0.3, 0.4) is 0 Å². The van der Waals surface area contributed by atoms with E-state index in [2.05, 4.69) is 15.9 Å². The van der Waals surface area contributed by atoms with Crippen LogP contribution >= 0.6 is 15.9 Å². The van der Waals surface area contributed by atoms with Gasteiger partial charge < -0.3 is 14.6 Å². The lowest BCUT2D eigenvalue weighted by Crippen LogP contribution is -2.16. The predicted molar refractivity (Wildman–Crippen MR) is 65.7 cm³/mol. The Labute approximate surface area is 108 Å². The Morgan fingerprint density at radius 3 is 2.88 bits per heavy atom. The number of fused-ring (bicyclic) bond motifs is 1. The van der Waals surface area contributed by atoms with Crippen LogP contribution in [-0.4, -0.2) is 24.3 Å². The summed E-state index contributed by atoms with van der Waals surface area (Å²) >= 11 is 3.48. The quantitative estimate of drug-likeness (QED) is 0.929. The molecule has 1 aromatic carbocycles. The summed E-state index contributed by atoms with van der Waals surface area (Å²) in [6, 6.07) is 3.81. The number of carboxylic acids is 1. The van der Waals surface area contributed by atoms with E-state index >= 15 is 0 Å². The van der Waals surface area contributed by atoms with Gasteiger partial charge in [0.1, 0.15) is 13.2 Å². The van der Waals surface area contributed by atoms with Crippen molar-refractivity contribution >= 4 is 21.9 Å². The number of hydrogen-bond acceptors (Lipinski definition) is 3. The number of carboxylic acid groups (broad SMARTS) is 1. The Morgan fingerprint density at radius 2 is 2.12 bits per heavy atom. The van der Waals surface area contributed by atoms with E-state index < -0.39 is 5.97 Å². The SMILES string of the molecule is O=C(O)CCCc1ccc2c(c1Br)OCCO2. The van der Waals surface area contributed by atoms with Gasteiger partial charge in [-0.15, -0.1) is 0 Å². The lowest BCUT2D eigenvalue weighted by atomic mass is 10.1. The largest absolute Gasteiger partial charge is 0.486 e. The second-order valence-corrected chi connectivity index (χ2v) is 4.60. The highest BCUT2D eigenvalue weighted by atomic mass is 79.9. The van der Waals surface area contributed by atoms with E-state index in [0.717, 1.165) is 21.5 Å². The van der Waals surface area contributed by atoms with Crippen LogP contribution in [0.2, 0.25) is 0 Å². The molecule has 0 atom stereocenters. The molecular formula is C12H13BrO4. The van der Waals surface area contributed by atoms with Crippen molar-refractivity contribution in [2.75, 3.05) is 13.2 Å².